The van der Waals surface area contributed by atoms with E-state index in [1.54, 1.807) is 20.8 Å². The molecule has 18 heavy (non-hydrogen) atoms. The Hall–Kier alpha value is -1.40. The van der Waals surface area contributed by atoms with Gasteiger partial charge in [0, 0.05) is 6.54 Å². The largest absolute Gasteiger partial charge is 0.444 e. The van der Waals surface area contributed by atoms with Crippen LogP contribution in [0.3, 0.4) is 0 Å². The quantitative estimate of drug-likeness (QED) is 0.873. The van der Waals surface area contributed by atoms with Crippen LogP contribution in [-0.2, 0) is 4.74 Å². The van der Waals surface area contributed by atoms with E-state index in [9.17, 15) is 4.79 Å². The van der Waals surface area contributed by atoms with Gasteiger partial charge < -0.3 is 15.8 Å². The van der Waals surface area contributed by atoms with Gasteiger partial charge in [-0.25, -0.2) is 9.78 Å². The normalized spacial score (nSPS) is 12.9. The van der Waals surface area contributed by atoms with E-state index in [0.29, 0.717) is 5.69 Å². The molecule has 0 bridgehead atoms. The maximum absolute atomic E-state index is 11.4. The third-order valence-corrected chi connectivity index (χ3v) is 2.05. The third-order valence-electron chi connectivity index (χ3n) is 1.87. The maximum Gasteiger partial charge on any atom is 0.407 e. The molecule has 0 aliphatic heterocycles. The highest BCUT2D eigenvalue weighted by Gasteiger charge is 2.17. The lowest BCUT2D eigenvalue weighted by Gasteiger charge is -2.20. The first-order valence-electron chi connectivity index (χ1n) is 5.48. The molecule has 1 heterocycles. The van der Waals surface area contributed by atoms with E-state index in [-0.39, 0.29) is 11.7 Å². The molecule has 0 aliphatic carbocycles. The van der Waals surface area contributed by atoms with Crippen molar-refractivity contribution in [3.8, 4) is 0 Å². The molecule has 1 aromatic rings. The molecule has 6 nitrogen and oxygen atoms in total. The number of hydrogen-bond acceptors (Lipinski definition) is 5. The summed E-state index contributed by atoms with van der Waals surface area (Å²) in [7, 11) is 0. The lowest BCUT2D eigenvalue weighted by atomic mass is 10.2. The van der Waals surface area contributed by atoms with Gasteiger partial charge >= 0.3 is 6.09 Å². The highest BCUT2D eigenvalue weighted by molar-refractivity contribution is 6.29. The summed E-state index contributed by atoms with van der Waals surface area (Å²) in [5.41, 5.74) is 5.82. The Morgan fingerprint density at radius 1 is 1.56 bits per heavy atom. The minimum atomic E-state index is -0.538. The Morgan fingerprint density at radius 3 is 2.78 bits per heavy atom. The van der Waals surface area contributed by atoms with Gasteiger partial charge in [0.15, 0.2) is 0 Å². The minimum absolute atomic E-state index is 0.198. The molecule has 0 spiro atoms. The standard InChI is InChI=1S/C11H17ClN4O2/c1-11(2,3)18-10(17)15-4-7(13)8-5-14-6-9(12)16-8/h5-7H,4,13H2,1-3H3,(H,15,17). The number of halogens is 1. The van der Waals surface area contributed by atoms with E-state index in [4.69, 9.17) is 22.1 Å². The van der Waals surface area contributed by atoms with Crippen LogP contribution in [0.15, 0.2) is 12.4 Å². The molecule has 0 fully saturated rings. The zero-order chi connectivity index (χ0) is 13.8. The summed E-state index contributed by atoms with van der Waals surface area (Å²) in [6.45, 7) is 5.56. The first kappa shape index (κ1) is 14.7. The number of hydrogen-bond donors (Lipinski definition) is 2. The summed E-state index contributed by atoms with van der Waals surface area (Å²) in [5.74, 6) is 0. The number of amides is 1. The first-order chi connectivity index (χ1) is 8.28. The highest BCUT2D eigenvalue weighted by Crippen LogP contribution is 2.10. The summed E-state index contributed by atoms with van der Waals surface area (Å²) in [5, 5.41) is 2.82. The number of aromatic nitrogens is 2. The van der Waals surface area contributed by atoms with Gasteiger partial charge in [0.25, 0.3) is 0 Å². The van der Waals surface area contributed by atoms with Crippen molar-refractivity contribution in [2.45, 2.75) is 32.4 Å². The van der Waals surface area contributed by atoms with Crippen LogP contribution in [0.5, 0.6) is 0 Å². The van der Waals surface area contributed by atoms with Gasteiger partial charge in [-0.1, -0.05) is 11.6 Å². The van der Waals surface area contributed by atoms with Gasteiger partial charge in [-0.05, 0) is 20.8 Å². The van der Waals surface area contributed by atoms with E-state index >= 15 is 0 Å². The number of ether oxygens (including phenoxy) is 1. The summed E-state index contributed by atoms with van der Waals surface area (Å²) >= 11 is 5.70. The van der Waals surface area contributed by atoms with E-state index in [0.717, 1.165) is 0 Å². The van der Waals surface area contributed by atoms with Gasteiger partial charge in [0.1, 0.15) is 10.8 Å². The van der Waals surface area contributed by atoms with Gasteiger partial charge in [-0.3, -0.25) is 4.98 Å². The van der Waals surface area contributed by atoms with Gasteiger partial charge in [-0.15, -0.1) is 0 Å². The van der Waals surface area contributed by atoms with E-state index in [2.05, 4.69) is 15.3 Å². The Bertz CT molecular complexity index is 420. The molecule has 3 N–H and O–H groups in total. The summed E-state index contributed by atoms with van der Waals surface area (Å²) < 4.78 is 5.08. The number of nitrogens with one attached hydrogen (secondary N) is 1. The summed E-state index contributed by atoms with van der Waals surface area (Å²) in [6, 6.07) is -0.483. The van der Waals surface area contributed by atoms with Crippen molar-refractivity contribution in [3.63, 3.8) is 0 Å². The Kier molecular flexibility index (Phi) is 4.86. The molecule has 0 aromatic carbocycles. The summed E-state index contributed by atoms with van der Waals surface area (Å²) in [6.07, 6.45) is 2.40. The molecule has 0 saturated heterocycles. The van der Waals surface area contributed by atoms with Crippen molar-refractivity contribution in [2.75, 3.05) is 6.54 Å². The SMILES string of the molecule is CC(C)(C)OC(=O)NCC(N)c1cncc(Cl)n1. The van der Waals surface area contributed by atoms with Crippen LogP contribution in [0.25, 0.3) is 0 Å². The van der Waals surface area contributed by atoms with Crippen molar-refractivity contribution in [2.24, 2.45) is 5.73 Å². The zero-order valence-electron chi connectivity index (χ0n) is 10.6. The molecular formula is C11H17ClN4O2. The average Bonchev–Trinajstić information content (AvgIpc) is 2.23. The molecule has 7 heteroatoms. The Labute approximate surface area is 111 Å². The predicted molar refractivity (Wildman–Crippen MR) is 68.2 cm³/mol. The van der Waals surface area contributed by atoms with Crippen LogP contribution in [0.1, 0.15) is 32.5 Å². The van der Waals surface area contributed by atoms with Crippen molar-refractivity contribution in [3.05, 3.63) is 23.2 Å². The Morgan fingerprint density at radius 2 is 2.22 bits per heavy atom. The number of nitrogens with zero attached hydrogens (tertiary/aromatic N) is 2. The number of rotatable bonds is 3. The molecule has 0 aliphatic rings. The number of alkyl carbamates (subject to hydrolysis) is 1. The average molecular weight is 273 g/mol. The maximum atomic E-state index is 11.4. The van der Waals surface area contributed by atoms with Gasteiger partial charge in [-0.2, -0.15) is 0 Å². The Balaban J connectivity index is 2.46. The molecule has 1 atom stereocenters. The smallest absolute Gasteiger partial charge is 0.407 e. The van der Waals surface area contributed by atoms with Crippen molar-refractivity contribution < 1.29 is 9.53 Å². The predicted octanol–water partition coefficient (Wildman–Crippen LogP) is 1.65. The number of carbonyl (C=O) groups is 1. The molecule has 1 unspecified atom stereocenters. The monoisotopic (exact) mass is 272 g/mol. The number of carbonyl (C=O) groups excluding carboxylic acids is 1. The molecule has 0 saturated carbocycles. The van der Waals surface area contributed by atoms with Gasteiger partial charge in [0.05, 0.1) is 24.1 Å². The molecular weight excluding hydrogens is 256 g/mol. The van der Waals surface area contributed by atoms with Crippen LogP contribution in [0.2, 0.25) is 5.15 Å². The van der Waals surface area contributed by atoms with Crippen molar-refractivity contribution >= 4 is 17.7 Å². The molecule has 1 rings (SSSR count). The molecule has 1 amide bonds. The van der Waals surface area contributed by atoms with Crippen LogP contribution >= 0.6 is 11.6 Å². The van der Waals surface area contributed by atoms with E-state index in [1.807, 2.05) is 0 Å². The van der Waals surface area contributed by atoms with Crippen LogP contribution in [0.4, 0.5) is 4.79 Å². The second-order valence-corrected chi connectivity index (χ2v) is 5.14. The first-order valence-corrected chi connectivity index (χ1v) is 5.85. The second kappa shape index (κ2) is 5.97. The van der Waals surface area contributed by atoms with Crippen molar-refractivity contribution in [1.29, 1.82) is 0 Å². The highest BCUT2D eigenvalue weighted by atomic mass is 35.5. The van der Waals surface area contributed by atoms with E-state index in [1.165, 1.54) is 12.4 Å². The third kappa shape index (κ3) is 5.29. The fourth-order valence-electron chi connectivity index (χ4n) is 1.15. The number of nitrogens with two attached hydrogens (primary N) is 1. The minimum Gasteiger partial charge on any atom is -0.444 e. The molecule has 100 valence electrons. The lowest BCUT2D eigenvalue weighted by molar-refractivity contribution is 0.0524. The molecule has 1 aromatic heterocycles. The summed E-state index contributed by atoms with van der Waals surface area (Å²) in [4.78, 5) is 19.3. The second-order valence-electron chi connectivity index (χ2n) is 4.76. The van der Waals surface area contributed by atoms with Gasteiger partial charge in [0.2, 0.25) is 0 Å². The van der Waals surface area contributed by atoms with Crippen LogP contribution in [0, 0.1) is 0 Å². The van der Waals surface area contributed by atoms with E-state index < -0.39 is 17.7 Å². The fraction of sp³-hybridized carbons (Fsp3) is 0.545. The zero-order valence-corrected chi connectivity index (χ0v) is 11.4. The molecule has 0 radical (unpaired) electrons. The van der Waals surface area contributed by atoms with Crippen molar-refractivity contribution in [1.82, 2.24) is 15.3 Å². The van der Waals surface area contributed by atoms with Crippen LogP contribution in [-0.4, -0.2) is 28.2 Å². The van der Waals surface area contributed by atoms with Crippen LogP contribution < -0.4 is 11.1 Å². The fourth-order valence-corrected chi connectivity index (χ4v) is 1.30. The lowest BCUT2D eigenvalue weighted by Crippen LogP contribution is -2.36. The topological polar surface area (TPSA) is 90.1 Å².